The second kappa shape index (κ2) is 14.8. The third-order valence-corrected chi connectivity index (χ3v) is 9.79. The number of oxime groups is 1. The van der Waals surface area contributed by atoms with Gasteiger partial charge >= 0.3 is 5.97 Å². The number of carbonyl (C=O) groups is 3. The standard InChI is InChI=1S/C37H36ClN3O5S/c1-3-41-34-14-6-26(36(43)25-4-10-29(11-5-25)40-17-19-45-20-18-40)22-31(34)32-23-27(7-15-35(32)41)37(44)33(39-46-24(2)42)16-21-47-30-12-8-28(38)9-13-30/h4-10,12-15,22-23,29H,3,11,16-21H2,1-2H3/b39-33+. The van der Waals surface area contributed by atoms with Crippen molar-refractivity contribution in [1.29, 1.82) is 0 Å². The van der Waals surface area contributed by atoms with Crippen LogP contribution in [0.15, 0.2) is 94.5 Å². The van der Waals surface area contributed by atoms with E-state index in [1.807, 2.05) is 66.7 Å². The van der Waals surface area contributed by atoms with E-state index in [9.17, 15) is 14.4 Å². The highest BCUT2D eigenvalue weighted by molar-refractivity contribution is 7.99. The molecule has 10 heteroatoms. The maximum atomic E-state index is 13.8. The maximum absolute atomic E-state index is 13.8. The Labute approximate surface area is 283 Å². The van der Waals surface area contributed by atoms with Crippen molar-refractivity contribution in [3.63, 3.8) is 0 Å². The summed E-state index contributed by atoms with van der Waals surface area (Å²) in [5.41, 5.74) is 3.82. The van der Waals surface area contributed by atoms with Crippen LogP contribution in [0, 0.1) is 0 Å². The van der Waals surface area contributed by atoms with Crippen molar-refractivity contribution in [3.8, 4) is 0 Å². The number of thioether (sulfide) groups is 1. The zero-order chi connectivity index (χ0) is 32.9. The summed E-state index contributed by atoms with van der Waals surface area (Å²) in [6.07, 6.45) is 7.18. The number of fused-ring (bicyclic) bond motifs is 3. The molecule has 0 radical (unpaired) electrons. The van der Waals surface area contributed by atoms with E-state index in [0.717, 1.165) is 66.0 Å². The number of aryl methyl sites for hydroxylation is 1. The van der Waals surface area contributed by atoms with Gasteiger partial charge in [-0.3, -0.25) is 14.5 Å². The fourth-order valence-corrected chi connectivity index (χ4v) is 7.12. The summed E-state index contributed by atoms with van der Waals surface area (Å²) in [4.78, 5) is 47.4. The van der Waals surface area contributed by atoms with E-state index in [4.69, 9.17) is 21.2 Å². The Balaban J connectivity index is 1.26. The predicted molar refractivity (Wildman–Crippen MR) is 188 cm³/mol. The van der Waals surface area contributed by atoms with Gasteiger partial charge in [0.1, 0.15) is 5.71 Å². The minimum Gasteiger partial charge on any atom is -0.379 e. The van der Waals surface area contributed by atoms with Gasteiger partial charge in [-0.05, 0) is 74.0 Å². The molecule has 6 rings (SSSR count). The molecule has 0 bridgehead atoms. The highest BCUT2D eigenvalue weighted by atomic mass is 35.5. The number of morpholine rings is 1. The average molecular weight is 670 g/mol. The Hall–Kier alpha value is -4.02. The first-order valence-electron chi connectivity index (χ1n) is 15.8. The number of benzene rings is 3. The van der Waals surface area contributed by atoms with Crippen molar-refractivity contribution >= 4 is 68.4 Å². The molecule has 3 aromatic carbocycles. The van der Waals surface area contributed by atoms with Gasteiger partial charge in [-0.2, -0.15) is 0 Å². The van der Waals surface area contributed by atoms with Crippen LogP contribution in [0.1, 0.15) is 47.4 Å². The first-order valence-corrected chi connectivity index (χ1v) is 17.2. The summed E-state index contributed by atoms with van der Waals surface area (Å²) in [6, 6.07) is 19.1. The minimum absolute atomic E-state index is 0.0257. The van der Waals surface area contributed by atoms with Crippen LogP contribution >= 0.6 is 23.4 Å². The molecule has 8 nitrogen and oxygen atoms in total. The van der Waals surface area contributed by atoms with Crippen molar-refractivity contribution in [1.82, 2.24) is 9.47 Å². The van der Waals surface area contributed by atoms with Gasteiger partial charge in [-0.25, -0.2) is 4.79 Å². The second-order valence-electron chi connectivity index (χ2n) is 11.5. The van der Waals surface area contributed by atoms with Gasteiger partial charge in [0.15, 0.2) is 5.78 Å². The molecule has 1 saturated heterocycles. The number of ketones is 2. The zero-order valence-corrected chi connectivity index (χ0v) is 28.0. The van der Waals surface area contributed by atoms with Crippen molar-refractivity contribution in [2.45, 2.75) is 44.2 Å². The van der Waals surface area contributed by atoms with Gasteiger partial charge in [0.05, 0.1) is 13.2 Å². The lowest BCUT2D eigenvalue weighted by atomic mass is 9.94. The molecule has 0 N–H and O–H groups in total. The van der Waals surface area contributed by atoms with Crippen LogP contribution in [-0.4, -0.2) is 70.8 Å². The zero-order valence-electron chi connectivity index (χ0n) is 26.4. The molecular weight excluding hydrogens is 634 g/mol. The third kappa shape index (κ3) is 7.44. The SMILES string of the molecule is CCn1c2ccc(C(=O)C3=CCC(N4CCOCC4)C=C3)cc2c2cc(C(=O)/C(CCSc3ccc(Cl)cc3)=N/OC(C)=O)ccc21. The van der Waals surface area contributed by atoms with Crippen LogP contribution in [0.3, 0.4) is 0 Å². The predicted octanol–water partition coefficient (Wildman–Crippen LogP) is 7.52. The van der Waals surface area contributed by atoms with Crippen LogP contribution < -0.4 is 0 Å². The maximum Gasteiger partial charge on any atom is 0.331 e. The molecule has 2 aliphatic rings. The summed E-state index contributed by atoms with van der Waals surface area (Å²) >= 11 is 7.56. The van der Waals surface area contributed by atoms with Gasteiger partial charge in [0.25, 0.3) is 0 Å². The van der Waals surface area contributed by atoms with E-state index in [2.05, 4.69) is 27.6 Å². The Morgan fingerprint density at radius 1 is 0.979 bits per heavy atom. The van der Waals surface area contributed by atoms with Crippen LogP contribution in [0.2, 0.25) is 5.02 Å². The number of nitrogens with zero attached hydrogens (tertiary/aromatic N) is 3. The molecule has 1 unspecified atom stereocenters. The van der Waals surface area contributed by atoms with Crippen LogP contribution in [-0.2, 0) is 20.9 Å². The fourth-order valence-electron chi connectivity index (χ4n) is 6.13. The number of ether oxygens (including phenoxy) is 1. The lowest BCUT2D eigenvalue weighted by molar-refractivity contribution is -0.140. The normalized spacial score (nSPS) is 17.2. The van der Waals surface area contributed by atoms with E-state index in [0.29, 0.717) is 33.9 Å². The lowest BCUT2D eigenvalue weighted by Crippen LogP contribution is -2.43. The number of carbonyl (C=O) groups excluding carboxylic acids is 3. The molecule has 242 valence electrons. The van der Waals surface area contributed by atoms with Gasteiger partial charge in [0, 0.05) is 93.2 Å². The van der Waals surface area contributed by atoms with Crippen molar-refractivity contribution < 1.29 is 24.0 Å². The number of allylic oxidation sites excluding steroid dienone is 2. The molecule has 47 heavy (non-hydrogen) atoms. The lowest BCUT2D eigenvalue weighted by Gasteiger charge is -2.33. The molecule has 4 aromatic rings. The summed E-state index contributed by atoms with van der Waals surface area (Å²) in [7, 11) is 0. The number of halogens is 1. The fraction of sp³-hybridized carbons (Fsp3) is 0.297. The first kappa shape index (κ1) is 32.9. The third-order valence-electron chi connectivity index (χ3n) is 8.53. The van der Waals surface area contributed by atoms with Crippen molar-refractivity contribution in [2.75, 3.05) is 32.1 Å². The Morgan fingerprint density at radius 2 is 1.66 bits per heavy atom. The summed E-state index contributed by atoms with van der Waals surface area (Å²) in [6.45, 7) is 7.31. The largest absolute Gasteiger partial charge is 0.379 e. The van der Waals surface area contributed by atoms with Crippen LogP contribution in [0.5, 0.6) is 0 Å². The molecule has 1 aromatic heterocycles. The molecule has 0 spiro atoms. The highest BCUT2D eigenvalue weighted by Gasteiger charge is 2.23. The number of hydrogen-bond acceptors (Lipinski definition) is 8. The van der Waals surface area contributed by atoms with Crippen LogP contribution in [0.4, 0.5) is 0 Å². The summed E-state index contributed by atoms with van der Waals surface area (Å²) in [5.74, 6) is -0.392. The van der Waals surface area contributed by atoms with Gasteiger partial charge < -0.3 is 14.1 Å². The first-order chi connectivity index (χ1) is 22.8. The molecule has 0 saturated carbocycles. The number of hydrogen-bond donors (Lipinski definition) is 0. The van der Waals surface area contributed by atoms with Gasteiger partial charge in [-0.1, -0.05) is 35.0 Å². The van der Waals surface area contributed by atoms with E-state index in [-0.39, 0.29) is 23.3 Å². The van der Waals surface area contributed by atoms with Crippen molar-refractivity contribution in [2.24, 2.45) is 5.16 Å². The minimum atomic E-state index is -0.598. The van der Waals surface area contributed by atoms with Gasteiger partial charge in [0.2, 0.25) is 5.78 Å². The van der Waals surface area contributed by atoms with Crippen LogP contribution in [0.25, 0.3) is 21.8 Å². The molecular formula is C37H36ClN3O5S. The quantitative estimate of drug-likeness (QED) is 0.0536. The second-order valence-corrected chi connectivity index (χ2v) is 13.1. The number of rotatable bonds is 11. The van der Waals surface area contributed by atoms with E-state index < -0.39 is 5.97 Å². The molecule has 0 amide bonds. The Morgan fingerprint density at radius 3 is 2.30 bits per heavy atom. The van der Waals surface area contributed by atoms with Gasteiger partial charge in [-0.15, -0.1) is 11.8 Å². The Kier molecular flexibility index (Phi) is 10.4. The molecule has 1 aliphatic heterocycles. The molecule has 1 atom stereocenters. The molecule has 1 fully saturated rings. The van der Waals surface area contributed by atoms with Crippen molar-refractivity contribution in [3.05, 3.63) is 101 Å². The Bertz CT molecular complexity index is 1920. The molecule has 2 heterocycles. The van der Waals surface area contributed by atoms with E-state index in [1.54, 1.807) is 17.8 Å². The number of Topliss-reactive ketones (excluding diaryl/α,β-unsaturated/α-hetero) is 2. The monoisotopic (exact) mass is 669 g/mol. The molecule has 1 aliphatic carbocycles. The summed E-state index contributed by atoms with van der Waals surface area (Å²) < 4.78 is 7.66. The summed E-state index contributed by atoms with van der Waals surface area (Å²) in [5, 5.41) is 6.36. The smallest absolute Gasteiger partial charge is 0.331 e. The highest BCUT2D eigenvalue weighted by Crippen LogP contribution is 2.32. The average Bonchev–Trinajstić information content (AvgIpc) is 3.42. The van der Waals surface area contributed by atoms with E-state index >= 15 is 0 Å². The number of aromatic nitrogens is 1. The topological polar surface area (TPSA) is 90.2 Å². The van der Waals surface area contributed by atoms with E-state index in [1.165, 1.54) is 6.92 Å².